The standard InChI is InChI=1S/C10H17N3S2/c1-14-10(8-11)2-5-13(6-3-10)9-12-4-7-15-9/h4,7H,2-3,5-6,8,11H2,1H3. The van der Waals surface area contributed by atoms with Crippen molar-refractivity contribution in [1.82, 2.24) is 4.98 Å². The van der Waals surface area contributed by atoms with Crippen LogP contribution in [0, 0.1) is 0 Å². The monoisotopic (exact) mass is 243 g/mol. The minimum absolute atomic E-state index is 0.313. The van der Waals surface area contributed by atoms with E-state index in [4.69, 9.17) is 5.73 Å². The summed E-state index contributed by atoms with van der Waals surface area (Å²) in [5.74, 6) is 0. The van der Waals surface area contributed by atoms with E-state index in [0.29, 0.717) is 4.75 Å². The van der Waals surface area contributed by atoms with Crippen LogP contribution in [-0.2, 0) is 0 Å². The molecule has 0 amide bonds. The summed E-state index contributed by atoms with van der Waals surface area (Å²) in [6.45, 7) is 2.97. The molecule has 0 bridgehead atoms. The van der Waals surface area contributed by atoms with Gasteiger partial charge in [-0.2, -0.15) is 11.8 Å². The Labute approximate surface area is 99.1 Å². The molecule has 2 rings (SSSR count). The fourth-order valence-corrected chi connectivity index (χ4v) is 3.42. The van der Waals surface area contributed by atoms with E-state index >= 15 is 0 Å². The summed E-state index contributed by atoms with van der Waals surface area (Å²) >= 11 is 3.65. The minimum atomic E-state index is 0.313. The summed E-state index contributed by atoms with van der Waals surface area (Å²) in [5, 5.41) is 3.19. The van der Waals surface area contributed by atoms with Crippen LogP contribution in [0.3, 0.4) is 0 Å². The van der Waals surface area contributed by atoms with Gasteiger partial charge >= 0.3 is 0 Å². The predicted molar refractivity (Wildman–Crippen MR) is 68.9 cm³/mol. The van der Waals surface area contributed by atoms with E-state index < -0.39 is 0 Å². The molecule has 15 heavy (non-hydrogen) atoms. The van der Waals surface area contributed by atoms with Crippen LogP contribution in [0.2, 0.25) is 0 Å². The second-order valence-electron chi connectivity index (χ2n) is 3.89. The molecule has 2 heterocycles. The first kappa shape index (κ1) is 11.2. The summed E-state index contributed by atoms with van der Waals surface area (Å²) in [6.07, 6.45) is 6.39. The van der Waals surface area contributed by atoms with Crippen molar-refractivity contribution in [3.63, 3.8) is 0 Å². The van der Waals surface area contributed by atoms with E-state index in [2.05, 4.69) is 16.1 Å². The lowest BCUT2D eigenvalue weighted by atomic mass is 9.96. The van der Waals surface area contributed by atoms with Gasteiger partial charge in [0.25, 0.3) is 0 Å². The van der Waals surface area contributed by atoms with Crippen LogP contribution < -0.4 is 10.6 Å². The molecule has 1 aliphatic heterocycles. The maximum absolute atomic E-state index is 5.86. The van der Waals surface area contributed by atoms with Gasteiger partial charge in [0.2, 0.25) is 0 Å². The number of hydrogen-bond donors (Lipinski definition) is 1. The van der Waals surface area contributed by atoms with Gasteiger partial charge in [-0.3, -0.25) is 0 Å². The fourth-order valence-electron chi connectivity index (χ4n) is 1.97. The van der Waals surface area contributed by atoms with Crippen molar-refractivity contribution in [3.05, 3.63) is 11.6 Å². The number of thiazole rings is 1. The molecular weight excluding hydrogens is 226 g/mol. The Morgan fingerprint density at radius 2 is 2.33 bits per heavy atom. The molecule has 1 saturated heterocycles. The van der Waals surface area contributed by atoms with Crippen LogP contribution in [0.5, 0.6) is 0 Å². The van der Waals surface area contributed by atoms with Gasteiger partial charge in [0.1, 0.15) is 0 Å². The molecular formula is C10H17N3S2. The summed E-state index contributed by atoms with van der Waals surface area (Å²) in [7, 11) is 0. The quantitative estimate of drug-likeness (QED) is 0.879. The number of nitrogens with two attached hydrogens (primary N) is 1. The highest BCUT2D eigenvalue weighted by Gasteiger charge is 2.33. The SMILES string of the molecule is CSC1(CN)CCN(c2nccs2)CC1. The lowest BCUT2D eigenvalue weighted by molar-refractivity contribution is 0.457. The molecule has 0 atom stereocenters. The van der Waals surface area contributed by atoms with Crippen LogP contribution in [-0.4, -0.2) is 35.6 Å². The average Bonchev–Trinajstić information content (AvgIpc) is 2.83. The number of rotatable bonds is 3. The Balaban J connectivity index is 1.97. The number of thioether (sulfide) groups is 1. The highest BCUT2D eigenvalue weighted by molar-refractivity contribution is 8.00. The van der Waals surface area contributed by atoms with E-state index in [0.717, 1.165) is 24.8 Å². The molecule has 1 aromatic heterocycles. The molecule has 0 unspecified atom stereocenters. The van der Waals surface area contributed by atoms with Gasteiger partial charge in [-0.1, -0.05) is 0 Å². The topological polar surface area (TPSA) is 42.1 Å². The second kappa shape index (κ2) is 4.72. The van der Waals surface area contributed by atoms with E-state index in [-0.39, 0.29) is 0 Å². The first-order chi connectivity index (χ1) is 7.29. The summed E-state index contributed by atoms with van der Waals surface area (Å²) < 4.78 is 0.313. The summed E-state index contributed by atoms with van der Waals surface area (Å²) in [6, 6.07) is 0. The van der Waals surface area contributed by atoms with E-state index in [1.807, 2.05) is 23.3 Å². The van der Waals surface area contributed by atoms with Gasteiger partial charge in [-0.15, -0.1) is 11.3 Å². The van der Waals surface area contributed by atoms with Crippen molar-refractivity contribution >= 4 is 28.2 Å². The van der Waals surface area contributed by atoms with Gasteiger partial charge in [0.05, 0.1) is 0 Å². The van der Waals surface area contributed by atoms with Crippen molar-refractivity contribution in [2.45, 2.75) is 17.6 Å². The minimum Gasteiger partial charge on any atom is -0.348 e. The van der Waals surface area contributed by atoms with E-state index in [9.17, 15) is 0 Å². The molecule has 5 heteroatoms. The van der Waals surface area contributed by atoms with Crippen molar-refractivity contribution < 1.29 is 0 Å². The molecule has 0 saturated carbocycles. The Bertz CT molecular complexity index is 286. The van der Waals surface area contributed by atoms with E-state index in [1.54, 1.807) is 11.3 Å². The normalized spacial score (nSPS) is 20.5. The Morgan fingerprint density at radius 3 is 2.80 bits per heavy atom. The number of aromatic nitrogens is 1. The molecule has 0 spiro atoms. The van der Waals surface area contributed by atoms with Crippen LogP contribution in [0.25, 0.3) is 0 Å². The van der Waals surface area contributed by atoms with Crippen molar-refractivity contribution in [3.8, 4) is 0 Å². The zero-order valence-corrected chi connectivity index (χ0v) is 10.6. The Hall–Kier alpha value is -0.260. The molecule has 0 aliphatic carbocycles. The molecule has 1 aliphatic rings. The molecule has 0 aromatic carbocycles. The molecule has 1 aromatic rings. The van der Waals surface area contributed by atoms with Crippen molar-refractivity contribution in [2.24, 2.45) is 5.73 Å². The van der Waals surface area contributed by atoms with Gasteiger partial charge in [0.15, 0.2) is 5.13 Å². The van der Waals surface area contributed by atoms with Crippen LogP contribution in [0.1, 0.15) is 12.8 Å². The predicted octanol–water partition coefficient (Wildman–Crippen LogP) is 1.80. The average molecular weight is 243 g/mol. The van der Waals surface area contributed by atoms with Gasteiger partial charge in [-0.05, 0) is 19.1 Å². The summed E-state index contributed by atoms with van der Waals surface area (Å²) in [4.78, 5) is 6.72. The van der Waals surface area contributed by atoms with Gasteiger partial charge in [-0.25, -0.2) is 4.98 Å². The Kier molecular flexibility index (Phi) is 3.53. The zero-order valence-electron chi connectivity index (χ0n) is 8.98. The Morgan fingerprint density at radius 1 is 1.60 bits per heavy atom. The smallest absolute Gasteiger partial charge is 0.185 e. The third kappa shape index (κ3) is 2.29. The van der Waals surface area contributed by atoms with Crippen LogP contribution >= 0.6 is 23.1 Å². The van der Waals surface area contributed by atoms with Crippen molar-refractivity contribution in [1.29, 1.82) is 0 Å². The molecule has 3 nitrogen and oxygen atoms in total. The zero-order chi connectivity index (χ0) is 10.7. The van der Waals surface area contributed by atoms with Crippen molar-refractivity contribution in [2.75, 3.05) is 30.8 Å². The molecule has 1 fully saturated rings. The molecule has 84 valence electrons. The van der Waals surface area contributed by atoms with Crippen LogP contribution in [0.4, 0.5) is 5.13 Å². The van der Waals surface area contributed by atoms with Gasteiger partial charge in [0, 0.05) is 36.0 Å². The van der Waals surface area contributed by atoms with E-state index in [1.165, 1.54) is 12.8 Å². The number of anilines is 1. The lowest BCUT2D eigenvalue weighted by Gasteiger charge is -2.39. The molecule has 2 N–H and O–H groups in total. The first-order valence-electron chi connectivity index (χ1n) is 5.19. The lowest BCUT2D eigenvalue weighted by Crippen LogP contribution is -2.46. The second-order valence-corrected chi connectivity index (χ2v) is 6.04. The number of nitrogens with zero attached hydrogens (tertiary/aromatic N) is 2. The number of hydrogen-bond acceptors (Lipinski definition) is 5. The third-order valence-electron chi connectivity index (χ3n) is 3.17. The first-order valence-corrected chi connectivity index (χ1v) is 7.30. The highest BCUT2D eigenvalue weighted by atomic mass is 32.2. The highest BCUT2D eigenvalue weighted by Crippen LogP contribution is 2.35. The molecule has 0 radical (unpaired) electrons. The van der Waals surface area contributed by atoms with Gasteiger partial charge < -0.3 is 10.6 Å². The fraction of sp³-hybridized carbons (Fsp3) is 0.700. The summed E-state index contributed by atoms with van der Waals surface area (Å²) in [5.41, 5.74) is 5.86. The largest absolute Gasteiger partial charge is 0.348 e. The van der Waals surface area contributed by atoms with Crippen LogP contribution in [0.15, 0.2) is 11.6 Å². The number of piperidine rings is 1. The maximum atomic E-state index is 5.86. The maximum Gasteiger partial charge on any atom is 0.185 e. The third-order valence-corrected chi connectivity index (χ3v) is 5.44.